The maximum Gasteiger partial charge on any atom is 0.303 e. The second-order valence-electron chi connectivity index (χ2n) is 8.33. The van der Waals surface area contributed by atoms with E-state index in [1.54, 1.807) is 36.6 Å². The predicted molar refractivity (Wildman–Crippen MR) is 123 cm³/mol. The van der Waals surface area contributed by atoms with Gasteiger partial charge in [0.1, 0.15) is 5.76 Å². The van der Waals surface area contributed by atoms with E-state index in [-0.39, 0.29) is 24.5 Å². The molecule has 32 heavy (non-hydrogen) atoms. The van der Waals surface area contributed by atoms with E-state index in [4.69, 9.17) is 17.0 Å². The van der Waals surface area contributed by atoms with Crippen LogP contribution in [0, 0.1) is 5.92 Å². The molecule has 1 aromatic carbocycles. The van der Waals surface area contributed by atoms with Gasteiger partial charge in [-0.25, -0.2) is 0 Å². The lowest BCUT2D eigenvalue weighted by Crippen LogP contribution is -2.43. The zero-order chi connectivity index (χ0) is 24.7. The van der Waals surface area contributed by atoms with Crippen LogP contribution in [-0.2, 0) is 9.53 Å². The monoisotopic (exact) mass is 444 g/mol. The zero-order valence-corrected chi connectivity index (χ0v) is 18.8. The second-order valence-corrected chi connectivity index (χ2v) is 8.33. The summed E-state index contributed by atoms with van der Waals surface area (Å²) >= 11 is 0. The quantitative estimate of drug-likeness (QED) is 0.480. The minimum absolute atomic E-state index is 0.143. The highest BCUT2D eigenvalue weighted by molar-refractivity contribution is 5.94. The number of carbonyl (C=O) groups is 2. The van der Waals surface area contributed by atoms with Gasteiger partial charge >= 0.3 is 5.97 Å². The first-order chi connectivity index (χ1) is 16.2. The van der Waals surface area contributed by atoms with Gasteiger partial charge in [0.15, 0.2) is 0 Å². The number of carbonyl (C=O) groups excluding carboxylic acids is 1. The van der Waals surface area contributed by atoms with E-state index in [9.17, 15) is 9.59 Å². The normalized spacial score (nSPS) is 19.6. The molecule has 1 aromatic heterocycles. The van der Waals surface area contributed by atoms with Crippen molar-refractivity contribution in [1.29, 1.82) is 0 Å². The van der Waals surface area contributed by atoms with Crippen molar-refractivity contribution < 1.29 is 26.6 Å². The number of furan rings is 1. The van der Waals surface area contributed by atoms with Gasteiger partial charge in [0, 0.05) is 58.4 Å². The van der Waals surface area contributed by atoms with Crippen molar-refractivity contribution in [3.63, 3.8) is 0 Å². The molecule has 0 spiro atoms. The Bertz CT molecular complexity index is 931. The zero-order valence-electron chi connectivity index (χ0n) is 20.8. The van der Waals surface area contributed by atoms with E-state index in [1.165, 1.54) is 4.90 Å². The van der Waals surface area contributed by atoms with Crippen LogP contribution in [0.25, 0.3) is 11.3 Å². The summed E-state index contributed by atoms with van der Waals surface area (Å²) < 4.78 is 29.3. The molecule has 0 radical (unpaired) electrons. The third-order valence-electron chi connectivity index (χ3n) is 5.50. The number of carboxylic acid groups (broad SMARTS) is 1. The molecule has 2 N–H and O–H groups in total. The van der Waals surface area contributed by atoms with Gasteiger partial charge in [-0.3, -0.25) is 9.59 Å². The lowest BCUT2D eigenvalue weighted by atomic mass is 10.0. The lowest BCUT2D eigenvalue weighted by Gasteiger charge is -2.31. The summed E-state index contributed by atoms with van der Waals surface area (Å²) in [5, 5.41) is 11.9. The topological polar surface area (TPSA) is 92.0 Å². The first kappa shape index (κ1) is 21.2. The number of nitrogens with one attached hydrogen (secondary N) is 1. The van der Waals surface area contributed by atoms with Gasteiger partial charge in [0.25, 0.3) is 5.91 Å². The van der Waals surface area contributed by atoms with Crippen molar-refractivity contribution in [1.82, 2.24) is 10.2 Å². The van der Waals surface area contributed by atoms with E-state index >= 15 is 0 Å². The van der Waals surface area contributed by atoms with Gasteiger partial charge in [0.05, 0.1) is 12.4 Å². The molecule has 174 valence electrons. The predicted octanol–water partition coefficient (Wildman–Crippen LogP) is 4.05. The van der Waals surface area contributed by atoms with Crippen LogP contribution in [0.5, 0.6) is 0 Å². The smallest absolute Gasteiger partial charge is 0.303 e. The highest BCUT2D eigenvalue weighted by Crippen LogP contribution is 2.22. The largest absolute Gasteiger partial charge is 0.481 e. The highest BCUT2D eigenvalue weighted by Gasteiger charge is 2.32. The van der Waals surface area contributed by atoms with Gasteiger partial charge in [-0.15, -0.1) is 0 Å². The van der Waals surface area contributed by atoms with Crippen LogP contribution in [0.1, 0.15) is 52.6 Å². The molecule has 1 saturated heterocycles. The average molecular weight is 445 g/mol. The number of amides is 1. The van der Waals surface area contributed by atoms with Gasteiger partial charge < -0.3 is 24.5 Å². The Morgan fingerprint density at radius 1 is 1.22 bits per heavy atom. The molecule has 2 unspecified atom stereocenters. The lowest BCUT2D eigenvalue weighted by molar-refractivity contribution is -0.137. The fraction of sp³-hybridized carbons (Fsp3) is 0.520. The van der Waals surface area contributed by atoms with E-state index in [1.807, 2.05) is 19.9 Å². The Balaban J connectivity index is 1.67. The number of hydrogen-bond acceptors (Lipinski definition) is 5. The second kappa shape index (κ2) is 11.8. The summed E-state index contributed by atoms with van der Waals surface area (Å²) in [5.41, 5.74) is 1.26. The molecular weight excluding hydrogens is 408 g/mol. The number of hydrogen-bond donors (Lipinski definition) is 2. The van der Waals surface area contributed by atoms with E-state index in [0.717, 1.165) is 12.0 Å². The molecule has 0 aliphatic carbocycles. The number of benzene rings is 1. The van der Waals surface area contributed by atoms with Crippen LogP contribution in [0.15, 0.2) is 47.1 Å². The minimum atomic E-state index is -1.93. The van der Waals surface area contributed by atoms with Gasteiger partial charge in [0.2, 0.25) is 0 Å². The third kappa shape index (κ3) is 6.68. The standard InChI is InChI=1S/C25H34N2O5/c1-18(2)27(25(30)20-11-9-19(10-12-20)22-7-6-14-31-22)17-21-15-26-16-23(21)32-13-5-3-4-8-24(28)29/h6-7,9-12,14,18,21,23,26H,3-5,8,13,15-17H2,1-2H3,(H,28,29)/i17D2. The molecule has 1 aliphatic heterocycles. The maximum atomic E-state index is 13.4. The minimum Gasteiger partial charge on any atom is -0.481 e. The number of unbranched alkanes of at least 4 members (excludes halogenated alkanes) is 2. The van der Waals surface area contributed by atoms with E-state index < -0.39 is 18.4 Å². The number of ether oxygens (including phenoxy) is 1. The Labute approximate surface area is 192 Å². The number of rotatable bonds is 12. The molecule has 1 fully saturated rings. The molecule has 0 saturated carbocycles. The van der Waals surface area contributed by atoms with Gasteiger partial charge in [-0.05, 0) is 51.0 Å². The van der Waals surface area contributed by atoms with Gasteiger partial charge in [-0.2, -0.15) is 0 Å². The Kier molecular flexibility index (Phi) is 7.85. The molecule has 2 atom stereocenters. The summed E-state index contributed by atoms with van der Waals surface area (Å²) in [7, 11) is 0. The highest BCUT2D eigenvalue weighted by atomic mass is 16.5. The molecule has 7 heteroatoms. The third-order valence-corrected chi connectivity index (χ3v) is 5.50. The number of nitrogens with zero attached hydrogens (tertiary/aromatic N) is 1. The Morgan fingerprint density at radius 3 is 2.66 bits per heavy atom. The van der Waals surface area contributed by atoms with Crippen molar-refractivity contribution in [3.8, 4) is 11.3 Å². The van der Waals surface area contributed by atoms with Gasteiger partial charge in [-0.1, -0.05) is 18.6 Å². The molecule has 1 aliphatic rings. The first-order valence-corrected chi connectivity index (χ1v) is 11.2. The van der Waals surface area contributed by atoms with E-state index in [0.29, 0.717) is 43.9 Å². The number of carboxylic acids is 1. The van der Waals surface area contributed by atoms with Crippen molar-refractivity contribution in [2.45, 2.75) is 51.7 Å². The molecule has 2 heterocycles. The average Bonchev–Trinajstić information content (AvgIpc) is 3.48. The van der Waals surface area contributed by atoms with Crippen LogP contribution >= 0.6 is 0 Å². The van der Waals surface area contributed by atoms with Crippen LogP contribution < -0.4 is 5.32 Å². The summed E-state index contributed by atoms with van der Waals surface area (Å²) in [6.07, 6.45) is 3.42. The molecule has 2 aromatic rings. The summed E-state index contributed by atoms with van der Waals surface area (Å²) in [5.74, 6) is -0.996. The fourth-order valence-corrected chi connectivity index (χ4v) is 3.73. The van der Waals surface area contributed by atoms with Crippen LogP contribution in [0.3, 0.4) is 0 Å². The molecule has 7 nitrogen and oxygen atoms in total. The fourth-order valence-electron chi connectivity index (χ4n) is 3.73. The van der Waals surface area contributed by atoms with Crippen LogP contribution in [0.2, 0.25) is 0 Å². The molecular formula is C25H34N2O5. The Hall–Kier alpha value is -2.64. The van der Waals surface area contributed by atoms with Crippen LogP contribution in [0.4, 0.5) is 0 Å². The molecule has 0 bridgehead atoms. The first-order valence-electron chi connectivity index (χ1n) is 12.2. The summed E-state index contributed by atoms with van der Waals surface area (Å²) in [6, 6.07) is 10.3. The maximum absolute atomic E-state index is 13.4. The van der Waals surface area contributed by atoms with Crippen LogP contribution in [-0.4, -0.2) is 60.2 Å². The summed E-state index contributed by atoms with van der Waals surface area (Å²) in [4.78, 5) is 25.4. The van der Waals surface area contributed by atoms with Crippen molar-refractivity contribution in [2.75, 3.05) is 26.2 Å². The SMILES string of the molecule is [2H]C([2H])(C1CNCC1OCCCCCC(=O)O)N(C(=O)c1ccc(-c2ccco2)cc1)C(C)C. The molecule has 1 amide bonds. The number of aliphatic carboxylic acids is 1. The van der Waals surface area contributed by atoms with E-state index in [2.05, 4.69) is 5.32 Å². The molecule has 3 rings (SSSR count). The van der Waals surface area contributed by atoms with Crippen molar-refractivity contribution in [3.05, 3.63) is 48.2 Å². The van der Waals surface area contributed by atoms with Crippen molar-refractivity contribution in [2.24, 2.45) is 5.92 Å². The summed E-state index contributed by atoms with van der Waals surface area (Å²) in [6.45, 7) is 3.05. The Morgan fingerprint density at radius 2 is 2.00 bits per heavy atom. The van der Waals surface area contributed by atoms with Crippen molar-refractivity contribution >= 4 is 11.9 Å².